The van der Waals surface area contributed by atoms with Crippen molar-refractivity contribution in [2.24, 2.45) is 5.92 Å². The molecule has 1 aliphatic carbocycles. The molecule has 3 aliphatic rings. The fourth-order valence-corrected chi connectivity index (χ4v) is 4.81. The molecule has 1 aromatic heterocycles. The molecule has 7 heteroatoms. The average molecular weight is 396 g/mol. The number of aromatic nitrogens is 2. The van der Waals surface area contributed by atoms with Crippen molar-refractivity contribution in [2.75, 3.05) is 26.2 Å². The van der Waals surface area contributed by atoms with Crippen LogP contribution in [0.15, 0.2) is 24.3 Å². The third-order valence-corrected chi connectivity index (χ3v) is 6.69. The summed E-state index contributed by atoms with van der Waals surface area (Å²) in [5.74, 6) is 0.385. The fourth-order valence-electron chi connectivity index (χ4n) is 4.81. The molecule has 5 rings (SSSR count). The lowest BCUT2D eigenvalue weighted by Gasteiger charge is -2.42. The Morgan fingerprint density at radius 2 is 1.83 bits per heavy atom. The van der Waals surface area contributed by atoms with E-state index in [0.717, 1.165) is 75.6 Å². The number of nitrogens with one attached hydrogen (secondary N) is 2. The third-order valence-electron chi connectivity index (χ3n) is 6.69. The number of amides is 2. The van der Waals surface area contributed by atoms with Gasteiger partial charge in [-0.2, -0.15) is 5.10 Å². The Kier molecular flexibility index (Phi) is 4.99. The van der Waals surface area contributed by atoms with Crippen molar-refractivity contribution in [2.45, 2.75) is 50.6 Å². The van der Waals surface area contributed by atoms with Crippen molar-refractivity contribution in [1.29, 1.82) is 0 Å². The van der Waals surface area contributed by atoms with E-state index in [0.29, 0.717) is 17.8 Å². The predicted molar refractivity (Wildman–Crippen MR) is 110 cm³/mol. The molecule has 0 spiro atoms. The average Bonchev–Trinajstić information content (AvgIpc) is 3.48. The number of nitrogens with zero attached hydrogens (tertiary/aromatic N) is 3. The maximum absolute atomic E-state index is 13.0. The second-order valence-corrected chi connectivity index (χ2v) is 8.76. The highest BCUT2D eigenvalue weighted by Crippen LogP contribution is 2.27. The minimum Gasteiger partial charge on any atom is -0.353 e. The highest BCUT2D eigenvalue weighted by atomic mass is 16.2. The zero-order valence-corrected chi connectivity index (χ0v) is 16.8. The largest absolute Gasteiger partial charge is 0.353 e. The van der Waals surface area contributed by atoms with Gasteiger partial charge in [-0.15, -0.1) is 0 Å². The Balaban J connectivity index is 1.18. The summed E-state index contributed by atoms with van der Waals surface area (Å²) in [5, 5.41) is 11.3. The van der Waals surface area contributed by atoms with Gasteiger partial charge in [0.05, 0.1) is 11.4 Å². The molecule has 2 amide bonds. The SMILES string of the molecule is O=C(NC1CC1)C1CCCN(C2CCN(C(=O)c3n[nH]c4ccccc34)CC2)C1. The molecule has 3 fully saturated rings. The number of H-pyrrole nitrogens is 1. The topological polar surface area (TPSA) is 81.3 Å². The van der Waals surface area contributed by atoms with Crippen LogP contribution in [0, 0.1) is 5.92 Å². The molecule has 1 aromatic carbocycles. The van der Waals surface area contributed by atoms with Gasteiger partial charge in [0.2, 0.25) is 5.91 Å². The van der Waals surface area contributed by atoms with Gasteiger partial charge in [-0.05, 0) is 51.1 Å². The summed E-state index contributed by atoms with van der Waals surface area (Å²) < 4.78 is 0. The molecular weight excluding hydrogens is 366 g/mol. The van der Waals surface area contributed by atoms with Crippen LogP contribution >= 0.6 is 0 Å². The van der Waals surface area contributed by atoms with Crippen LogP contribution in [0.2, 0.25) is 0 Å². The van der Waals surface area contributed by atoms with E-state index < -0.39 is 0 Å². The van der Waals surface area contributed by atoms with Crippen LogP contribution in [0.3, 0.4) is 0 Å². The van der Waals surface area contributed by atoms with Crippen LogP contribution in [0.25, 0.3) is 10.9 Å². The quantitative estimate of drug-likeness (QED) is 0.831. The number of hydrogen-bond acceptors (Lipinski definition) is 4. The third kappa shape index (κ3) is 3.88. The molecule has 1 atom stereocenters. The highest BCUT2D eigenvalue weighted by molar-refractivity contribution is 6.04. The van der Waals surface area contributed by atoms with Gasteiger partial charge >= 0.3 is 0 Å². The minimum atomic E-state index is 0.0150. The Morgan fingerprint density at radius 1 is 1.03 bits per heavy atom. The monoisotopic (exact) mass is 395 g/mol. The molecule has 2 aliphatic heterocycles. The summed E-state index contributed by atoms with van der Waals surface area (Å²) in [4.78, 5) is 29.9. The number of carbonyl (C=O) groups excluding carboxylic acids is 2. The number of aromatic amines is 1. The van der Waals surface area contributed by atoms with Crippen LogP contribution in [0.1, 0.15) is 49.0 Å². The van der Waals surface area contributed by atoms with Crippen LogP contribution in [-0.2, 0) is 4.79 Å². The van der Waals surface area contributed by atoms with Gasteiger partial charge in [0.1, 0.15) is 0 Å². The van der Waals surface area contributed by atoms with Crippen LogP contribution in [-0.4, -0.2) is 70.1 Å². The molecule has 0 radical (unpaired) electrons. The van der Waals surface area contributed by atoms with Gasteiger partial charge in [-0.3, -0.25) is 19.6 Å². The van der Waals surface area contributed by atoms with Crippen molar-refractivity contribution in [3.05, 3.63) is 30.0 Å². The first-order chi connectivity index (χ1) is 14.2. The Labute approximate surface area is 170 Å². The van der Waals surface area contributed by atoms with E-state index in [1.54, 1.807) is 0 Å². The summed E-state index contributed by atoms with van der Waals surface area (Å²) in [5.41, 5.74) is 1.42. The van der Waals surface area contributed by atoms with Crippen LogP contribution in [0.4, 0.5) is 0 Å². The minimum absolute atomic E-state index is 0.0150. The lowest BCUT2D eigenvalue weighted by Crippen LogP contribution is -2.51. The van der Waals surface area contributed by atoms with Crippen LogP contribution < -0.4 is 5.32 Å². The standard InChI is InChI=1S/C22H29N5O2/c28-21(23-16-7-8-16)15-4-3-11-27(14-15)17-9-12-26(13-10-17)22(29)20-18-5-1-2-6-19(18)24-25-20/h1-2,5-6,15-17H,3-4,7-14H2,(H,23,28)(H,24,25). The maximum Gasteiger partial charge on any atom is 0.274 e. The second kappa shape index (κ2) is 7.78. The fraction of sp³-hybridized carbons (Fsp3) is 0.591. The molecule has 29 heavy (non-hydrogen) atoms. The summed E-state index contributed by atoms with van der Waals surface area (Å²) in [6, 6.07) is 8.66. The van der Waals surface area contributed by atoms with Gasteiger partial charge in [0.25, 0.3) is 5.91 Å². The number of para-hydroxylation sites is 1. The van der Waals surface area contributed by atoms with Crippen molar-refractivity contribution in [3.63, 3.8) is 0 Å². The van der Waals surface area contributed by atoms with E-state index >= 15 is 0 Å². The number of hydrogen-bond donors (Lipinski definition) is 2. The number of likely N-dealkylation sites (tertiary alicyclic amines) is 2. The summed E-state index contributed by atoms with van der Waals surface area (Å²) in [7, 11) is 0. The van der Waals surface area contributed by atoms with Crippen molar-refractivity contribution in [1.82, 2.24) is 25.3 Å². The molecule has 2 N–H and O–H groups in total. The lowest BCUT2D eigenvalue weighted by molar-refractivity contribution is -0.127. The molecule has 1 saturated carbocycles. The van der Waals surface area contributed by atoms with E-state index in [9.17, 15) is 9.59 Å². The normalized spacial score (nSPS) is 24.0. The summed E-state index contributed by atoms with van der Waals surface area (Å²) in [6.45, 7) is 3.43. The Hall–Kier alpha value is -2.41. The van der Waals surface area contributed by atoms with Gasteiger partial charge in [0, 0.05) is 37.1 Å². The first-order valence-electron chi connectivity index (χ1n) is 11.0. The molecule has 3 heterocycles. The summed E-state index contributed by atoms with van der Waals surface area (Å²) in [6.07, 6.45) is 6.29. The number of benzene rings is 1. The van der Waals surface area contributed by atoms with Gasteiger partial charge in [-0.1, -0.05) is 18.2 Å². The molecule has 7 nitrogen and oxygen atoms in total. The van der Waals surface area contributed by atoms with E-state index in [2.05, 4.69) is 20.4 Å². The van der Waals surface area contributed by atoms with E-state index in [4.69, 9.17) is 0 Å². The van der Waals surface area contributed by atoms with Gasteiger partial charge < -0.3 is 10.2 Å². The van der Waals surface area contributed by atoms with Crippen molar-refractivity contribution >= 4 is 22.7 Å². The van der Waals surface area contributed by atoms with Gasteiger partial charge in [0.15, 0.2) is 5.69 Å². The van der Waals surface area contributed by atoms with E-state index in [1.807, 2.05) is 29.2 Å². The molecule has 2 aromatic rings. The van der Waals surface area contributed by atoms with Crippen molar-refractivity contribution in [3.8, 4) is 0 Å². The Bertz CT molecular complexity index is 897. The zero-order chi connectivity index (χ0) is 19.8. The van der Waals surface area contributed by atoms with E-state index in [-0.39, 0.29) is 17.7 Å². The smallest absolute Gasteiger partial charge is 0.274 e. The molecular formula is C22H29N5O2. The summed E-state index contributed by atoms with van der Waals surface area (Å²) >= 11 is 0. The lowest BCUT2D eigenvalue weighted by atomic mass is 9.93. The number of fused-ring (bicyclic) bond motifs is 1. The van der Waals surface area contributed by atoms with Crippen molar-refractivity contribution < 1.29 is 9.59 Å². The first-order valence-corrected chi connectivity index (χ1v) is 11.0. The zero-order valence-electron chi connectivity index (χ0n) is 16.8. The second-order valence-electron chi connectivity index (χ2n) is 8.76. The van der Waals surface area contributed by atoms with E-state index in [1.165, 1.54) is 0 Å². The first kappa shape index (κ1) is 18.6. The number of piperidine rings is 2. The number of rotatable bonds is 4. The molecule has 0 bridgehead atoms. The van der Waals surface area contributed by atoms with Crippen LogP contribution in [0.5, 0.6) is 0 Å². The maximum atomic E-state index is 13.0. The molecule has 2 saturated heterocycles. The van der Waals surface area contributed by atoms with Gasteiger partial charge in [-0.25, -0.2) is 0 Å². The Morgan fingerprint density at radius 3 is 2.62 bits per heavy atom. The molecule has 154 valence electrons. The number of carbonyl (C=O) groups is 2. The predicted octanol–water partition coefficient (Wildman–Crippen LogP) is 2.16. The highest BCUT2D eigenvalue weighted by Gasteiger charge is 2.34. The molecule has 1 unspecified atom stereocenters.